The molecule has 5 heteroatoms. The summed E-state index contributed by atoms with van der Waals surface area (Å²) in [7, 11) is 0. The number of aromatic nitrogens is 1. The van der Waals surface area contributed by atoms with Gasteiger partial charge in [-0.3, -0.25) is 19.5 Å². The van der Waals surface area contributed by atoms with E-state index < -0.39 is 0 Å². The highest BCUT2D eigenvalue weighted by Gasteiger charge is 2.35. The average Bonchev–Trinajstić information content (AvgIpc) is 2.67. The Bertz CT molecular complexity index is 630. The first kappa shape index (κ1) is 11.4. The number of benzene rings is 1. The van der Waals surface area contributed by atoms with E-state index in [1.807, 2.05) is 0 Å². The van der Waals surface area contributed by atoms with Crippen LogP contribution in [0.4, 0.5) is 5.69 Å². The van der Waals surface area contributed by atoms with Crippen LogP contribution in [0.5, 0.6) is 0 Å². The molecule has 0 fully saturated rings. The van der Waals surface area contributed by atoms with Crippen molar-refractivity contribution in [2.45, 2.75) is 6.54 Å². The van der Waals surface area contributed by atoms with Crippen molar-refractivity contribution < 1.29 is 9.59 Å². The van der Waals surface area contributed by atoms with Gasteiger partial charge in [-0.25, -0.2) is 0 Å². The van der Waals surface area contributed by atoms with E-state index in [-0.39, 0.29) is 18.4 Å². The smallest absolute Gasteiger partial charge is 0.263 e. The molecule has 19 heavy (non-hydrogen) atoms. The summed E-state index contributed by atoms with van der Waals surface area (Å²) in [5.74, 6) is -0.579. The van der Waals surface area contributed by atoms with Gasteiger partial charge >= 0.3 is 0 Å². The molecule has 2 heterocycles. The van der Waals surface area contributed by atoms with Gasteiger partial charge in [0.05, 0.1) is 17.7 Å². The minimum absolute atomic E-state index is 0.243. The van der Waals surface area contributed by atoms with Crippen molar-refractivity contribution in [2.24, 2.45) is 0 Å². The highest BCUT2D eigenvalue weighted by molar-refractivity contribution is 6.21. The molecule has 0 radical (unpaired) electrons. The number of hydrogen-bond donors (Lipinski definition) is 1. The first-order chi connectivity index (χ1) is 9.16. The fourth-order valence-electron chi connectivity index (χ4n) is 2.08. The van der Waals surface area contributed by atoms with Crippen LogP contribution in [0.25, 0.3) is 0 Å². The number of carbonyl (C=O) groups is 2. The quantitative estimate of drug-likeness (QED) is 0.649. The zero-order valence-corrected chi connectivity index (χ0v) is 10.0. The number of carbonyl (C=O) groups excluding carboxylic acids is 2. The minimum atomic E-state index is -0.301. The van der Waals surface area contributed by atoms with Crippen molar-refractivity contribution in [3.05, 3.63) is 59.4 Å². The van der Waals surface area contributed by atoms with Crippen LogP contribution in [-0.2, 0) is 6.54 Å². The number of hydrogen-bond acceptors (Lipinski definition) is 4. The van der Waals surface area contributed by atoms with Crippen LogP contribution in [0.2, 0.25) is 0 Å². The van der Waals surface area contributed by atoms with Crippen molar-refractivity contribution in [3.8, 4) is 0 Å². The molecule has 94 valence electrons. The van der Waals surface area contributed by atoms with Crippen LogP contribution in [0.1, 0.15) is 26.3 Å². The molecular formula is C14H11N3O2. The second-order valence-electron chi connectivity index (χ2n) is 4.36. The van der Waals surface area contributed by atoms with E-state index in [9.17, 15) is 9.59 Å². The summed E-state index contributed by atoms with van der Waals surface area (Å²) in [5.41, 5.74) is 7.89. The molecule has 1 aliphatic rings. The highest BCUT2D eigenvalue weighted by atomic mass is 16.2. The summed E-state index contributed by atoms with van der Waals surface area (Å²) >= 11 is 0. The molecule has 0 saturated carbocycles. The van der Waals surface area contributed by atoms with E-state index in [1.165, 1.54) is 17.3 Å². The monoisotopic (exact) mass is 253 g/mol. The number of fused-ring (bicyclic) bond motifs is 1. The SMILES string of the molecule is Nc1ccc(CN2C(=O)c3ccncc3C2=O)cc1. The third kappa shape index (κ3) is 1.85. The Morgan fingerprint density at radius 2 is 1.68 bits per heavy atom. The number of nitrogens with zero attached hydrogens (tertiary/aromatic N) is 2. The lowest BCUT2D eigenvalue weighted by Crippen LogP contribution is -2.29. The van der Waals surface area contributed by atoms with Gasteiger partial charge in [-0.1, -0.05) is 12.1 Å². The van der Waals surface area contributed by atoms with Gasteiger partial charge in [-0.05, 0) is 23.8 Å². The van der Waals surface area contributed by atoms with Crippen molar-refractivity contribution in [3.63, 3.8) is 0 Å². The van der Waals surface area contributed by atoms with E-state index in [0.29, 0.717) is 16.8 Å². The van der Waals surface area contributed by atoms with Gasteiger partial charge in [0.2, 0.25) is 0 Å². The molecular weight excluding hydrogens is 242 g/mol. The van der Waals surface area contributed by atoms with Crippen LogP contribution in [0.15, 0.2) is 42.7 Å². The number of nitrogen functional groups attached to an aromatic ring is 1. The molecule has 3 rings (SSSR count). The standard InChI is InChI=1S/C14H11N3O2/c15-10-3-1-9(2-4-10)8-17-13(18)11-5-6-16-7-12(11)14(17)19/h1-7H,8,15H2. The zero-order valence-electron chi connectivity index (χ0n) is 10.0. The zero-order chi connectivity index (χ0) is 13.4. The van der Waals surface area contributed by atoms with Crippen LogP contribution in [0.3, 0.4) is 0 Å². The summed E-state index contributed by atoms with van der Waals surface area (Å²) in [4.78, 5) is 29.3. The van der Waals surface area contributed by atoms with Crippen molar-refractivity contribution in [2.75, 3.05) is 5.73 Å². The van der Waals surface area contributed by atoms with Gasteiger partial charge in [0.15, 0.2) is 0 Å². The maximum absolute atomic E-state index is 12.1. The third-order valence-corrected chi connectivity index (χ3v) is 3.09. The van der Waals surface area contributed by atoms with Gasteiger partial charge in [-0.2, -0.15) is 0 Å². The molecule has 0 atom stereocenters. The molecule has 5 nitrogen and oxygen atoms in total. The molecule has 0 aliphatic carbocycles. The number of rotatable bonds is 2. The number of pyridine rings is 1. The Morgan fingerprint density at radius 1 is 1.00 bits per heavy atom. The minimum Gasteiger partial charge on any atom is -0.399 e. The summed E-state index contributed by atoms with van der Waals surface area (Å²) in [6, 6.07) is 8.66. The van der Waals surface area contributed by atoms with Crippen LogP contribution in [-0.4, -0.2) is 21.7 Å². The molecule has 0 bridgehead atoms. The predicted octanol–water partition coefficient (Wildman–Crippen LogP) is 1.46. The molecule has 0 spiro atoms. The second-order valence-corrected chi connectivity index (χ2v) is 4.36. The fraction of sp³-hybridized carbons (Fsp3) is 0.0714. The molecule has 0 saturated heterocycles. The van der Waals surface area contributed by atoms with Crippen molar-refractivity contribution in [1.82, 2.24) is 9.88 Å². The Balaban J connectivity index is 1.90. The Hall–Kier alpha value is -2.69. The van der Waals surface area contributed by atoms with Gasteiger partial charge in [-0.15, -0.1) is 0 Å². The normalized spacial score (nSPS) is 13.8. The lowest BCUT2D eigenvalue weighted by Gasteiger charge is -2.13. The molecule has 2 aromatic rings. The van der Waals surface area contributed by atoms with Crippen LogP contribution < -0.4 is 5.73 Å². The topological polar surface area (TPSA) is 76.3 Å². The van der Waals surface area contributed by atoms with E-state index in [1.54, 1.807) is 30.3 Å². The van der Waals surface area contributed by atoms with Gasteiger partial charge < -0.3 is 5.73 Å². The predicted molar refractivity (Wildman–Crippen MR) is 69.3 cm³/mol. The van der Waals surface area contributed by atoms with Gasteiger partial charge in [0.1, 0.15) is 0 Å². The van der Waals surface area contributed by atoms with Crippen LogP contribution >= 0.6 is 0 Å². The van der Waals surface area contributed by atoms with Gasteiger partial charge in [0, 0.05) is 18.1 Å². The molecule has 1 aliphatic heterocycles. The maximum Gasteiger partial charge on any atom is 0.263 e. The summed E-state index contributed by atoms with van der Waals surface area (Å²) in [5, 5.41) is 0. The summed E-state index contributed by atoms with van der Waals surface area (Å²) in [6.07, 6.45) is 2.94. The lowest BCUT2D eigenvalue weighted by atomic mass is 10.2. The fourth-order valence-corrected chi connectivity index (χ4v) is 2.08. The Morgan fingerprint density at radius 3 is 2.37 bits per heavy atom. The first-order valence-corrected chi connectivity index (χ1v) is 5.81. The van der Waals surface area contributed by atoms with E-state index in [0.717, 1.165) is 5.56 Å². The summed E-state index contributed by atoms with van der Waals surface area (Å²) in [6.45, 7) is 0.243. The maximum atomic E-state index is 12.1. The van der Waals surface area contributed by atoms with E-state index in [2.05, 4.69) is 4.98 Å². The van der Waals surface area contributed by atoms with E-state index >= 15 is 0 Å². The third-order valence-electron chi connectivity index (χ3n) is 3.09. The van der Waals surface area contributed by atoms with Crippen molar-refractivity contribution >= 4 is 17.5 Å². The molecule has 2 N–H and O–H groups in total. The Kier molecular flexibility index (Phi) is 2.52. The molecule has 1 aromatic carbocycles. The highest BCUT2D eigenvalue weighted by Crippen LogP contribution is 2.23. The lowest BCUT2D eigenvalue weighted by molar-refractivity contribution is 0.0642. The largest absolute Gasteiger partial charge is 0.399 e. The molecule has 2 amide bonds. The summed E-state index contributed by atoms with van der Waals surface area (Å²) < 4.78 is 0. The second kappa shape index (κ2) is 4.20. The first-order valence-electron chi connectivity index (χ1n) is 5.81. The number of nitrogens with two attached hydrogens (primary N) is 1. The number of imide groups is 1. The molecule has 0 unspecified atom stereocenters. The van der Waals surface area contributed by atoms with Crippen LogP contribution in [0, 0.1) is 0 Å². The van der Waals surface area contributed by atoms with E-state index in [4.69, 9.17) is 5.73 Å². The number of amides is 2. The molecule has 1 aromatic heterocycles. The van der Waals surface area contributed by atoms with Crippen molar-refractivity contribution in [1.29, 1.82) is 0 Å². The average molecular weight is 253 g/mol. The van der Waals surface area contributed by atoms with Gasteiger partial charge in [0.25, 0.3) is 11.8 Å². The number of anilines is 1. The Labute approximate surface area is 109 Å².